The predicted octanol–water partition coefficient (Wildman–Crippen LogP) is 4.05. The Morgan fingerprint density at radius 3 is 2.76 bits per heavy atom. The Hall–Kier alpha value is -1.93. The summed E-state index contributed by atoms with van der Waals surface area (Å²) in [5.41, 5.74) is 5.31. The Labute approximate surface area is 125 Å². The first-order valence-electron chi connectivity index (χ1n) is 7.88. The van der Waals surface area contributed by atoms with E-state index < -0.39 is 0 Å². The molecule has 106 valence electrons. The summed E-state index contributed by atoms with van der Waals surface area (Å²) < 4.78 is 0. The van der Waals surface area contributed by atoms with E-state index in [9.17, 15) is 0 Å². The summed E-state index contributed by atoms with van der Waals surface area (Å²) in [6.07, 6.45) is 11.4. The lowest BCUT2D eigenvalue weighted by molar-refractivity contribution is 0.559. The van der Waals surface area contributed by atoms with E-state index in [0.717, 1.165) is 0 Å². The molecule has 2 atom stereocenters. The molecule has 2 bridgehead atoms. The Balaban J connectivity index is 1.80. The topological polar surface area (TPSA) is 24.9 Å². The first-order chi connectivity index (χ1) is 10.4. The molecule has 2 nitrogen and oxygen atoms in total. The molecular formula is C19H20N2. The van der Waals surface area contributed by atoms with Crippen molar-refractivity contribution in [2.75, 3.05) is 0 Å². The molecule has 0 saturated carbocycles. The van der Waals surface area contributed by atoms with Crippen LogP contribution < -0.4 is 5.32 Å². The molecular weight excluding hydrogens is 256 g/mol. The largest absolute Gasteiger partial charge is 0.307 e. The van der Waals surface area contributed by atoms with Gasteiger partial charge in [0.1, 0.15) is 0 Å². The van der Waals surface area contributed by atoms with Crippen molar-refractivity contribution < 1.29 is 0 Å². The van der Waals surface area contributed by atoms with Gasteiger partial charge in [0.2, 0.25) is 0 Å². The van der Waals surface area contributed by atoms with Gasteiger partial charge in [-0.3, -0.25) is 4.98 Å². The summed E-state index contributed by atoms with van der Waals surface area (Å²) in [6, 6.07) is 14.0. The molecule has 1 saturated heterocycles. The molecule has 0 spiro atoms. The Morgan fingerprint density at radius 2 is 1.86 bits per heavy atom. The van der Waals surface area contributed by atoms with Crippen LogP contribution in [0.2, 0.25) is 0 Å². The van der Waals surface area contributed by atoms with E-state index in [0.29, 0.717) is 12.1 Å². The highest BCUT2D eigenvalue weighted by Crippen LogP contribution is 2.36. The van der Waals surface area contributed by atoms with Crippen LogP contribution in [0.15, 0.2) is 54.9 Å². The van der Waals surface area contributed by atoms with E-state index in [2.05, 4.69) is 52.8 Å². The first kappa shape index (κ1) is 12.8. The van der Waals surface area contributed by atoms with Gasteiger partial charge in [0, 0.05) is 30.0 Å². The van der Waals surface area contributed by atoms with Gasteiger partial charge in [-0.2, -0.15) is 0 Å². The molecule has 2 aromatic rings. The van der Waals surface area contributed by atoms with Gasteiger partial charge in [0.25, 0.3) is 0 Å². The maximum Gasteiger partial charge on any atom is 0.0349 e. The highest BCUT2D eigenvalue weighted by Gasteiger charge is 2.29. The van der Waals surface area contributed by atoms with Gasteiger partial charge >= 0.3 is 0 Å². The molecule has 1 N–H and O–H groups in total. The van der Waals surface area contributed by atoms with E-state index in [1.54, 1.807) is 0 Å². The normalized spacial score (nSPS) is 24.5. The molecule has 3 heterocycles. The summed E-state index contributed by atoms with van der Waals surface area (Å²) in [5.74, 6) is 0. The molecule has 0 amide bonds. The average molecular weight is 276 g/mol. The third-order valence-electron chi connectivity index (χ3n) is 4.71. The maximum atomic E-state index is 4.39. The van der Waals surface area contributed by atoms with Crippen molar-refractivity contribution in [1.82, 2.24) is 10.3 Å². The fourth-order valence-corrected chi connectivity index (χ4v) is 3.67. The fraction of sp³-hybridized carbons (Fsp3) is 0.316. The third-order valence-corrected chi connectivity index (χ3v) is 4.71. The van der Waals surface area contributed by atoms with Gasteiger partial charge in [-0.25, -0.2) is 0 Å². The van der Waals surface area contributed by atoms with Crippen LogP contribution in [0.1, 0.15) is 31.2 Å². The highest BCUT2D eigenvalue weighted by molar-refractivity contribution is 5.83. The molecule has 0 radical (unpaired) electrons. The quantitative estimate of drug-likeness (QED) is 0.895. The zero-order chi connectivity index (χ0) is 14.1. The van der Waals surface area contributed by atoms with Crippen LogP contribution in [-0.2, 0) is 0 Å². The molecule has 2 aliphatic heterocycles. The van der Waals surface area contributed by atoms with Gasteiger partial charge in [0.15, 0.2) is 0 Å². The minimum atomic E-state index is 0.504. The van der Waals surface area contributed by atoms with Crippen LogP contribution in [0.25, 0.3) is 16.7 Å². The lowest BCUT2D eigenvalue weighted by Crippen LogP contribution is -2.28. The molecule has 0 aliphatic carbocycles. The number of allylic oxidation sites excluding steroid dienone is 1. The second-order valence-corrected chi connectivity index (χ2v) is 6.02. The van der Waals surface area contributed by atoms with Crippen molar-refractivity contribution >= 4 is 5.57 Å². The molecule has 2 aliphatic rings. The second-order valence-electron chi connectivity index (χ2n) is 6.02. The first-order valence-corrected chi connectivity index (χ1v) is 7.88. The zero-order valence-corrected chi connectivity index (χ0v) is 12.1. The molecule has 21 heavy (non-hydrogen) atoms. The van der Waals surface area contributed by atoms with E-state index in [4.69, 9.17) is 0 Å². The smallest absolute Gasteiger partial charge is 0.0349 e. The van der Waals surface area contributed by atoms with E-state index >= 15 is 0 Å². The van der Waals surface area contributed by atoms with Crippen molar-refractivity contribution in [2.24, 2.45) is 0 Å². The molecule has 1 aromatic carbocycles. The highest BCUT2D eigenvalue weighted by atomic mass is 15.0. The summed E-state index contributed by atoms with van der Waals surface area (Å²) >= 11 is 0. The van der Waals surface area contributed by atoms with Gasteiger partial charge in [-0.15, -0.1) is 0 Å². The summed E-state index contributed by atoms with van der Waals surface area (Å²) in [6.45, 7) is 0. The SMILES string of the molecule is C1=C(c2cnccc2-c2ccccc2)[C@H]2CC[C@@H](CC1)N2. The number of pyridine rings is 1. The van der Waals surface area contributed by atoms with Crippen molar-refractivity contribution in [3.8, 4) is 11.1 Å². The average Bonchev–Trinajstić information content (AvgIpc) is 2.90. The van der Waals surface area contributed by atoms with Gasteiger partial charge in [0.05, 0.1) is 0 Å². The van der Waals surface area contributed by atoms with Gasteiger partial charge < -0.3 is 5.32 Å². The van der Waals surface area contributed by atoms with Crippen molar-refractivity contribution in [2.45, 2.75) is 37.8 Å². The maximum absolute atomic E-state index is 4.39. The van der Waals surface area contributed by atoms with E-state index in [-0.39, 0.29) is 0 Å². The molecule has 1 fully saturated rings. The zero-order valence-electron chi connectivity index (χ0n) is 12.1. The van der Waals surface area contributed by atoms with Crippen molar-refractivity contribution in [1.29, 1.82) is 0 Å². The predicted molar refractivity (Wildman–Crippen MR) is 86.8 cm³/mol. The van der Waals surface area contributed by atoms with Crippen LogP contribution in [0.3, 0.4) is 0 Å². The molecule has 2 heteroatoms. The van der Waals surface area contributed by atoms with E-state index in [1.165, 1.54) is 47.9 Å². The van der Waals surface area contributed by atoms with Gasteiger partial charge in [-0.05, 0) is 48.4 Å². The van der Waals surface area contributed by atoms with Crippen LogP contribution >= 0.6 is 0 Å². The Kier molecular flexibility index (Phi) is 3.32. The van der Waals surface area contributed by atoms with Crippen LogP contribution in [0.4, 0.5) is 0 Å². The molecule has 4 rings (SSSR count). The third kappa shape index (κ3) is 2.40. The second kappa shape index (κ2) is 5.45. The lowest BCUT2D eigenvalue weighted by atomic mass is 9.90. The summed E-state index contributed by atoms with van der Waals surface area (Å²) in [5, 5.41) is 3.78. The van der Waals surface area contributed by atoms with Crippen LogP contribution in [-0.4, -0.2) is 17.1 Å². The van der Waals surface area contributed by atoms with Gasteiger partial charge in [-0.1, -0.05) is 36.4 Å². The number of benzene rings is 1. The number of aromatic nitrogens is 1. The van der Waals surface area contributed by atoms with Crippen molar-refractivity contribution in [3.63, 3.8) is 0 Å². The Bertz CT molecular complexity index is 660. The number of fused-ring (bicyclic) bond motifs is 2. The molecule has 0 unspecified atom stereocenters. The Morgan fingerprint density at radius 1 is 0.952 bits per heavy atom. The summed E-state index contributed by atoms with van der Waals surface area (Å²) in [4.78, 5) is 4.39. The number of hydrogen-bond donors (Lipinski definition) is 1. The minimum absolute atomic E-state index is 0.504. The standard InChI is InChI=1S/C19H20N2/c1-2-5-14(6-3-1)16-11-12-20-13-18(16)17-8-4-7-15-9-10-19(17)21-15/h1-3,5-6,8,11-13,15,19,21H,4,7,9-10H2/t15-,19-/m1/s1. The summed E-state index contributed by atoms with van der Waals surface area (Å²) in [7, 11) is 0. The lowest BCUT2D eigenvalue weighted by Gasteiger charge is -2.18. The number of nitrogens with zero attached hydrogens (tertiary/aromatic N) is 1. The number of rotatable bonds is 2. The molecule has 1 aromatic heterocycles. The fourth-order valence-electron chi connectivity index (χ4n) is 3.67. The van der Waals surface area contributed by atoms with Crippen molar-refractivity contribution in [3.05, 3.63) is 60.4 Å². The van der Waals surface area contributed by atoms with Crippen LogP contribution in [0, 0.1) is 0 Å². The minimum Gasteiger partial charge on any atom is -0.307 e. The van der Waals surface area contributed by atoms with E-state index in [1.807, 2.05) is 12.4 Å². The van der Waals surface area contributed by atoms with Crippen LogP contribution in [0.5, 0.6) is 0 Å². The number of hydrogen-bond acceptors (Lipinski definition) is 2. The number of nitrogens with one attached hydrogen (secondary N) is 1. The monoisotopic (exact) mass is 276 g/mol.